The highest BCUT2D eigenvalue weighted by molar-refractivity contribution is 7.82. The molecule has 2 rings (SSSR count). The van der Waals surface area contributed by atoms with Crippen molar-refractivity contribution in [3.8, 4) is 11.5 Å². The standard InChI is InChI=1S/C19H23N3O4S/c1-3-22(13-12-20-19(24)21-14-23)27(25)18-10-8-17(9-11-18)26-16-6-4-15(2)5-7-16/h4-11,14H,3,12-13H2,1-2H3,(H2,20,21,23,24). The van der Waals surface area contributed by atoms with E-state index in [0.29, 0.717) is 30.1 Å². The van der Waals surface area contributed by atoms with E-state index in [1.807, 2.05) is 43.4 Å². The Morgan fingerprint density at radius 1 is 1.11 bits per heavy atom. The zero-order valence-electron chi connectivity index (χ0n) is 15.3. The maximum absolute atomic E-state index is 12.7. The highest BCUT2D eigenvalue weighted by Crippen LogP contribution is 2.23. The Bertz CT molecular complexity index is 779. The number of likely N-dealkylation sites (N-methyl/N-ethyl adjacent to an activating group) is 1. The number of hydrogen-bond donors (Lipinski definition) is 2. The van der Waals surface area contributed by atoms with Gasteiger partial charge in [-0.2, -0.15) is 0 Å². The van der Waals surface area contributed by atoms with E-state index in [0.717, 1.165) is 11.3 Å². The number of ether oxygens (including phenoxy) is 1. The van der Waals surface area contributed by atoms with Crippen LogP contribution in [-0.4, -0.2) is 40.6 Å². The summed E-state index contributed by atoms with van der Waals surface area (Å²) in [6.07, 6.45) is 0.311. The Labute approximate surface area is 161 Å². The summed E-state index contributed by atoms with van der Waals surface area (Å²) in [6, 6.07) is 14.2. The molecule has 0 aliphatic rings. The third-order valence-electron chi connectivity index (χ3n) is 3.71. The minimum absolute atomic E-state index is 0.272. The Morgan fingerprint density at radius 3 is 2.26 bits per heavy atom. The molecule has 0 bridgehead atoms. The largest absolute Gasteiger partial charge is 0.457 e. The molecule has 3 amide bonds. The highest BCUT2D eigenvalue weighted by atomic mass is 32.2. The van der Waals surface area contributed by atoms with Crippen LogP contribution >= 0.6 is 0 Å². The number of rotatable bonds is 9. The second-order valence-corrected chi connectivity index (χ2v) is 7.16. The van der Waals surface area contributed by atoms with Crippen LogP contribution in [0, 0.1) is 6.92 Å². The van der Waals surface area contributed by atoms with Crippen LogP contribution in [0.3, 0.4) is 0 Å². The van der Waals surface area contributed by atoms with Crippen LogP contribution in [0.4, 0.5) is 4.79 Å². The maximum atomic E-state index is 12.7. The predicted octanol–water partition coefficient (Wildman–Crippen LogP) is 2.59. The highest BCUT2D eigenvalue weighted by Gasteiger charge is 2.14. The van der Waals surface area contributed by atoms with Gasteiger partial charge in [0.15, 0.2) is 0 Å². The van der Waals surface area contributed by atoms with Crippen molar-refractivity contribution in [2.45, 2.75) is 18.7 Å². The second-order valence-electron chi connectivity index (χ2n) is 5.68. The number of imide groups is 1. The SMILES string of the molecule is CCN(CCNC(=O)NC=O)S(=O)c1ccc(Oc2ccc(C)cc2)cc1. The fourth-order valence-electron chi connectivity index (χ4n) is 2.27. The quantitative estimate of drug-likeness (QED) is 0.645. The van der Waals surface area contributed by atoms with Crippen molar-refractivity contribution in [1.82, 2.24) is 14.9 Å². The first-order chi connectivity index (χ1) is 13.0. The number of hydrogen-bond acceptors (Lipinski definition) is 4. The molecule has 0 saturated heterocycles. The first kappa shape index (κ1) is 20.6. The number of benzene rings is 2. The van der Waals surface area contributed by atoms with Crippen LogP contribution in [0.1, 0.15) is 12.5 Å². The lowest BCUT2D eigenvalue weighted by Crippen LogP contribution is -2.40. The van der Waals surface area contributed by atoms with E-state index < -0.39 is 17.0 Å². The topological polar surface area (TPSA) is 87.7 Å². The van der Waals surface area contributed by atoms with E-state index in [9.17, 15) is 13.8 Å². The molecule has 0 heterocycles. The minimum atomic E-state index is -1.36. The van der Waals surface area contributed by atoms with Gasteiger partial charge in [0.2, 0.25) is 6.41 Å². The van der Waals surface area contributed by atoms with Gasteiger partial charge in [0, 0.05) is 19.6 Å². The summed E-state index contributed by atoms with van der Waals surface area (Å²) >= 11 is 0. The van der Waals surface area contributed by atoms with Gasteiger partial charge in [0.1, 0.15) is 22.5 Å². The zero-order chi connectivity index (χ0) is 19.6. The van der Waals surface area contributed by atoms with Crippen LogP contribution in [-0.2, 0) is 15.8 Å². The summed E-state index contributed by atoms with van der Waals surface area (Å²) in [5.74, 6) is 1.40. The first-order valence-corrected chi connectivity index (χ1v) is 9.63. The van der Waals surface area contributed by atoms with Gasteiger partial charge >= 0.3 is 6.03 Å². The molecule has 0 spiro atoms. The summed E-state index contributed by atoms with van der Waals surface area (Å²) in [7, 11) is -1.36. The molecule has 1 unspecified atom stereocenters. The second kappa shape index (κ2) is 10.4. The van der Waals surface area contributed by atoms with Crippen LogP contribution in [0.5, 0.6) is 11.5 Å². The number of carbonyl (C=O) groups is 2. The number of nitrogens with zero attached hydrogens (tertiary/aromatic N) is 1. The van der Waals surface area contributed by atoms with Gasteiger partial charge < -0.3 is 10.1 Å². The zero-order valence-corrected chi connectivity index (χ0v) is 16.1. The lowest BCUT2D eigenvalue weighted by atomic mass is 10.2. The van der Waals surface area contributed by atoms with Crippen LogP contribution < -0.4 is 15.4 Å². The van der Waals surface area contributed by atoms with E-state index in [4.69, 9.17) is 4.74 Å². The maximum Gasteiger partial charge on any atom is 0.321 e. The summed E-state index contributed by atoms with van der Waals surface area (Å²) < 4.78 is 20.2. The molecule has 0 radical (unpaired) electrons. The molecular formula is C19H23N3O4S. The third-order valence-corrected chi connectivity index (χ3v) is 5.29. The Hall–Kier alpha value is -2.71. The van der Waals surface area contributed by atoms with Crippen molar-refractivity contribution >= 4 is 23.4 Å². The first-order valence-electron chi connectivity index (χ1n) is 8.53. The molecule has 0 aliphatic carbocycles. The van der Waals surface area contributed by atoms with Gasteiger partial charge in [-0.3, -0.25) is 10.1 Å². The van der Waals surface area contributed by atoms with E-state index in [1.54, 1.807) is 28.6 Å². The molecule has 2 N–H and O–H groups in total. The van der Waals surface area contributed by atoms with Crippen molar-refractivity contribution < 1.29 is 18.5 Å². The Balaban J connectivity index is 1.93. The molecule has 7 nitrogen and oxygen atoms in total. The lowest BCUT2D eigenvalue weighted by molar-refractivity contribution is -0.108. The van der Waals surface area contributed by atoms with Crippen LogP contribution in [0.15, 0.2) is 53.4 Å². The Morgan fingerprint density at radius 2 is 1.70 bits per heavy atom. The van der Waals surface area contributed by atoms with Crippen LogP contribution in [0.25, 0.3) is 0 Å². The molecule has 0 aliphatic heterocycles. The van der Waals surface area contributed by atoms with Gasteiger partial charge in [0.25, 0.3) is 0 Å². The molecule has 0 aromatic heterocycles. The molecular weight excluding hydrogens is 366 g/mol. The lowest BCUT2D eigenvalue weighted by Gasteiger charge is -2.19. The summed E-state index contributed by atoms with van der Waals surface area (Å²) in [4.78, 5) is 22.0. The number of carbonyl (C=O) groups excluding carboxylic acids is 2. The monoisotopic (exact) mass is 389 g/mol. The fourth-order valence-corrected chi connectivity index (χ4v) is 3.43. The van der Waals surface area contributed by atoms with Gasteiger partial charge in [-0.05, 0) is 43.3 Å². The average Bonchev–Trinajstić information content (AvgIpc) is 2.67. The fraction of sp³-hybridized carbons (Fsp3) is 0.263. The van der Waals surface area contributed by atoms with Crippen molar-refractivity contribution in [3.05, 3.63) is 54.1 Å². The molecule has 27 heavy (non-hydrogen) atoms. The molecule has 2 aromatic carbocycles. The van der Waals surface area contributed by atoms with Crippen molar-refractivity contribution in [3.63, 3.8) is 0 Å². The average molecular weight is 389 g/mol. The van der Waals surface area contributed by atoms with Gasteiger partial charge in [-0.1, -0.05) is 24.6 Å². The summed E-state index contributed by atoms with van der Waals surface area (Å²) in [5, 5.41) is 4.51. The normalized spacial score (nSPS) is 11.7. The van der Waals surface area contributed by atoms with Crippen molar-refractivity contribution in [2.75, 3.05) is 19.6 Å². The molecule has 0 saturated carbocycles. The molecule has 1 atom stereocenters. The van der Waals surface area contributed by atoms with Crippen LogP contribution in [0.2, 0.25) is 0 Å². The molecule has 144 valence electrons. The van der Waals surface area contributed by atoms with E-state index in [1.165, 1.54) is 0 Å². The number of aryl methyl sites for hydroxylation is 1. The van der Waals surface area contributed by atoms with Gasteiger partial charge in [0.05, 0.1) is 4.90 Å². The van der Waals surface area contributed by atoms with Gasteiger partial charge in [-0.25, -0.2) is 13.3 Å². The third kappa shape index (κ3) is 6.50. The predicted molar refractivity (Wildman–Crippen MR) is 104 cm³/mol. The van der Waals surface area contributed by atoms with Crippen molar-refractivity contribution in [2.24, 2.45) is 0 Å². The molecule has 8 heteroatoms. The summed E-state index contributed by atoms with van der Waals surface area (Å²) in [5.41, 5.74) is 1.16. The number of urea groups is 1. The smallest absolute Gasteiger partial charge is 0.321 e. The van der Waals surface area contributed by atoms with E-state index in [-0.39, 0.29) is 6.54 Å². The van der Waals surface area contributed by atoms with E-state index >= 15 is 0 Å². The summed E-state index contributed by atoms with van der Waals surface area (Å²) in [6.45, 7) is 5.10. The molecule has 2 aromatic rings. The van der Waals surface area contributed by atoms with Crippen molar-refractivity contribution in [1.29, 1.82) is 0 Å². The number of nitrogens with one attached hydrogen (secondary N) is 2. The van der Waals surface area contributed by atoms with E-state index in [2.05, 4.69) is 5.32 Å². The number of amides is 3. The molecule has 0 fully saturated rings. The minimum Gasteiger partial charge on any atom is -0.457 e. The Kier molecular flexibility index (Phi) is 7.97. The van der Waals surface area contributed by atoms with Gasteiger partial charge in [-0.15, -0.1) is 0 Å².